The number of nitriles is 1. The van der Waals surface area contributed by atoms with Crippen LogP contribution < -0.4 is 5.32 Å². The second kappa shape index (κ2) is 8.25. The number of nitrogens with zero attached hydrogens (tertiary/aromatic N) is 2. The molecule has 0 aromatic rings. The van der Waals surface area contributed by atoms with Crippen LogP contribution in [0, 0.1) is 17.2 Å². The maximum absolute atomic E-state index is 11.5. The lowest BCUT2D eigenvalue weighted by molar-refractivity contribution is -0.123. The number of rotatable bonds is 7. The van der Waals surface area contributed by atoms with E-state index in [1.54, 1.807) is 0 Å². The molecule has 0 radical (unpaired) electrons. The number of amides is 1. The number of nitrogens with one attached hydrogen (secondary N) is 1. The van der Waals surface area contributed by atoms with Crippen molar-refractivity contribution < 1.29 is 4.79 Å². The van der Waals surface area contributed by atoms with Gasteiger partial charge in [-0.1, -0.05) is 20.3 Å². The second-order valence-electron chi connectivity index (χ2n) is 3.66. The van der Waals surface area contributed by atoms with Crippen molar-refractivity contribution in [2.75, 3.05) is 26.7 Å². The highest BCUT2D eigenvalue weighted by Crippen LogP contribution is 2.04. The van der Waals surface area contributed by atoms with Crippen LogP contribution in [0.5, 0.6) is 0 Å². The number of hydrogen-bond acceptors (Lipinski definition) is 3. The Labute approximate surface area is 92.3 Å². The molecule has 0 spiro atoms. The molecule has 0 aliphatic rings. The van der Waals surface area contributed by atoms with E-state index in [9.17, 15) is 4.79 Å². The van der Waals surface area contributed by atoms with Crippen molar-refractivity contribution >= 4 is 5.91 Å². The van der Waals surface area contributed by atoms with Crippen molar-refractivity contribution in [1.29, 1.82) is 5.26 Å². The van der Waals surface area contributed by atoms with Gasteiger partial charge < -0.3 is 10.2 Å². The molecular formula is C11H21N3O. The zero-order valence-corrected chi connectivity index (χ0v) is 9.92. The summed E-state index contributed by atoms with van der Waals surface area (Å²) in [5, 5.41) is 11.5. The van der Waals surface area contributed by atoms with E-state index in [0.717, 1.165) is 19.5 Å². The largest absolute Gasteiger partial charge is 0.354 e. The summed E-state index contributed by atoms with van der Waals surface area (Å²) < 4.78 is 0. The fourth-order valence-electron chi connectivity index (χ4n) is 1.19. The molecule has 1 atom stereocenters. The van der Waals surface area contributed by atoms with Crippen LogP contribution in [-0.4, -0.2) is 37.5 Å². The second-order valence-corrected chi connectivity index (χ2v) is 3.66. The Hall–Kier alpha value is -1.08. The van der Waals surface area contributed by atoms with Crippen LogP contribution >= 0.6 is 0 Å². The number of likely N-dealkylation sites (N-methyl/N-ethyl adjacent to an activating group) is 1. The van der Waals surface area contributed by atoms with Gasteiger partial charge in [-0.15, -0.1) is 0 Å². The van der Waals surface area contributed by atoms with Crippen LogP contribution in [0.25, 0.3) is 0 Å². The molecule has 15 heavy (non-hydrogen) atoms. The lowest BCUT2D eigenvalue weighted by Crippen LogP contribution is -2.36. The number of carbonyl (C=O) groups excluding carboxylic acids is 1. The van der Waals surface area contributed by atoms with E-state index in [1.807, 2.05) is 20.0 Å². The van der Waals surface area contributed by atoms with Gasteiger partial charge in [0.15, 0.2) is 0 Å². The smallest absolute Gasteiger partial charge is 0.237 e. The van der Waals surface area contributed by atoms with Gasteiger partial charge in [0.2, 0.25) is 5.91 Å². The summed E-state index contributed by atoms with van der Waals surface area (Å²) in [5.74, 6) is -0.620. The van der Waals surface area contributed by atoms with Gasteiger partial charge in [-0.05, 0) is 20.0 Å². The minimum atomic E-state index is -0.484. The van der Waals surface area contributed by atoms with E-state index in [1.165, 1.54) is 0 Å². The standard InChI is InChI=1S/C11H21N3O/c1-4-6-10(9-12)11(15)13-7-8-14(3)5-2/h10H,4-8H2,1-3H3,(H,13,15). The Morgan fingerprint density at radius 3 is 2.67 bits per heavy atom. The van der Waals surface area contributed by atoms with E-state index >= 15 is 0 Å². The summed E-state index contributed by atoms with van der Waals surface area (Å²) in [4.78, 5) is 13.6. The quantitative estimate of drug-likeness (QED) is 0.683. The van der Waals surface area contributed by atoms with Crippen LogP contribution in [0.3, 0.4) is 0 Å². The van der Waals surface area contributed by atoms with Gasteiger partial charge in [-0.25, -0.2) is 0 Å². The Bertz CT molecular complexity index is 222. The lowest BCUT2D eigenvalue weighted by Gasteiger charge is -2.15. The summed E-state index contributed by atoms with van der Waals surface area (Å²) >= 11 is 0. The van der Waals surface area contributed by atoms with E-state index in [4.69, 9.17) is 5.26 Å². The molecular weight excluding hydrogens is 190 g/mol. The zero-order chi connectivity index (χ0) is 11.7. The molecule has 4 heteroatoms. The van der Waals surface area contributed by atoms with Gasteiger partial charge in [0, 0.05) is 13.1 Å². The average molecular weight is 211 g/mol. The predicted octanol–water partition coefficient (Wildman–Crippen LogP) is 0.994. The van der Waals surface area contributed by atoms with Crippen molar-refractivity contribution in [1.82, 2.24) is 10.2 Å². The Balaban J connectivity index is 3.77. The maximum Gasteiger partial charge on any atom is 0.237 e. The number of hydrogen-bond donors (Lipinski definition) is 1. The minimum absolute atomic E-state index is 0.135. The SMILES string of the molecule is CCCC(C#N)C(=O)NCCN(C)CC. The van der Waals surface area contributed by atoms with Gasteiger partial charge in [-0.2, -0.15) is 5.26 Å². The molecule has 0 rings (SSSR count). The van der Waals surface area contributed by atoms with Crippen molar-refractivity contribution in [2.24, 2.45) is 5.92 Å². The topological polar surface area (TPSA) is 56.1 Å². The molecule has 1 unspecified atom stereocenters. The molecule has 0 bridgehead atoms. The van der Waals surface area contributed by atoms with Crippen LogP contribution in [0.15, 0.2) is 0 Å². The molecule has 0 heterocycles. The van der Waals surface area contributed by atoms with Crippen molar-refractivity contribution in [3.8, 4) is 6.07 Å². The monoisotopic (exact) mass is 211 g/mol. The van der Waals surface area contributed by atoms with E-state index in [-0.39, 0.29) is 5.91 Å². The van der Waals surface area contributed by atoms with Gasteiger partial charge in [-0.3, -0.25) is 4.79 Å². The average Bonchev–Trinajstić information content (AvgIpc) is 2.25. The number of carbonyl (C=O) groups is 1. The van der Waals surface area contributed by atoms with Gasteiger partial charge in [0.25, 0.3) is 0 Å². The summed E-state index contributed by atoms with van der Waals surface area (Å²) in [7, 11) is 2.00. The zero-order valence-electron chi connectivity index (χ0n) is 9.92. The first-order valence-corrected chi connectivity index (χ1v) is 5.51. The first kappa shape index (κ1) is 13.9. The van der Waals surface area contributed by atoms with E-state index in [0.29, 0.717) is 13.0 Å². The predicted molar refractivity (Wildman–Crippen MR) is 60.2 cm³/mol. The van der Waals surface area contributed by atoms with Crippen molar-refractivity contribution in [2.45, 2.75) is 26.7 Å². The highest BCUT2D eigenvalue weighted by atomic mass is 16.1. The van der Waals surface area contributed by atoms with Gasteiger partial charge >= 0.3 is 0 Å². The maximum atomic E-state index is 11.5. The first-order chi connectivity index (χ1) is 7.15. The lowest BCUT2D eigenvalue weighted by atomic mass is 10.1. The summed E-state index contributed by atoms with van der Waals surface area (Å²) in [6.45, 7) is 6.45. The fraction of sp³-hybridized carbons (Fsp3) is 0.818. The summed E-state index contributed by atoms with van der Waals surface area (Å²) in [5.41, 5.74) is 0. The Morgan fingerprint density at radius 2 is 2.20 bits per heavy atom. The Morgan fingerprint density at radius 1 is 1.53 bits per heavy atom. The third kappa shape index (κ3) is 6.08. The van der Waals surface area contributed by atoms with Gasteiger partial charge in [0.1, 0.15) is 5.92 Å². The molecule has 86 valence electrons. The highest BCUT2D eigenvalue weighted by molar-refractivity contribution is 5.80. The Kier molecular flexibility index (Phi) is 7.65. The third-order valence-electron chi connectivity index (χ3n) is 2.38. The molecule has 0 fully saturated rings. The molecule has 0 aromatic heterocycles. The van der Waals surface area contributed by atoms with E-state index in [2.05, 4.69) is 17.1 Å². The van der Waals surface area contributed by atoms with Crippen LogP contribution in [0.4, 0.5) is 0 Å². The summed E-state index contributed by atoms with van der Waals surface area (Å²) in [6.07, 6.45) is 1.51. The highest BCUT2D eigenvalue weighted by Gasteiger charge is 2.15. The first-order valence-electron chi connectivity index (χ1n) is 5.51. The van der Waals surface area contributed by atoms with Crippen molar-refractivity contribution in [3.05, 3.63) is 0 Å². The van der Waals surface area contributed by atoms with Crippen LogP contribution in [-0.2, 0) is 4.79 Å². The van der Waals surface area contributed by atoms with E-state index < -0.39 is 5.92 Å². The van der Waals surface area contributed by atoms with Gasteiger partial charge in [0.05, 0.1) is 6.07 Å². The molecule has 4 nitrogen and oxygen atoms in total. The third-order valence-corrected chi connectivity index (χ3v) is 2.38. The van der Waals surface area contributed by atoms with Crippen LogP contribution in [0.2, 0.25) is 0 Å². The molecule has 1 N–H and O–H groups in total. The fourth-order valence-corrected chi connectivity index (χ4v) is 1.19. The normalized spacial score (nSPS) is 12.2. The molecule has 0 saturated carbocycles. The van der Waals surface area contributed by atoms with Crippen molar-refractivity contribution in [3.63, 3.8) is 0 Å². The molecule has 1 amide bonds. The van der Waals surface area contributed by atoms with Crippen LogP contribution in [0.1, 0.15) is 26.7 Å². The minimum Gasteiger partial charge on any atom is -0.354 e. The molecule has 0 aliphatic carbocycles. The molecule has 0 aromatic carbocycles. The summed E-state index contributed by atoms with van der Waals surface area (Å²) in [6, 6.07) is 2.03. The molecule has 0 saturated heterocycles. The molecule has 0 aliphatic heterocycles.